The van der Waals surface area contributed by atoms with Gasteiger partial charge in [0.25, 0.3) is 11.2 Å². The topological polar surface area (TPSA) is 108 Å². The van der Waals surface area contributed by atoms with Crippen molar-refractivity contribution in [3.63, 3.8) is 0 Å². The smallest absolute Gasteiger partial charge is 0.271 e. The molecular weight excluding hydrogens is 328 g/mol. The molecule has 132 valence electrons. The van der Waals surface area contributed by atoms with Crippen LogP contribution in [0.5, 0.6) is 0 Å². The standard InChI is InChI=1S/C16H18N4O5/c1-10-6-18(7-11(2)25-10)15(21)8-19-9-17-14-5-12(20(23)24)3-4-13(14)16(19)22/h3-5,9-11H,6-8H2,1-2H3. The molecule has 1 aromatic carbocycles. The largest absolute Gasteiger partial charge is 0.372 e. The summed E-state index contributed by atoms with van der Waals surface area (Å²) in [7, 11) is 0. The van der Waals surface area contributed by atoms with Gasteiger partial charge in [-0.3, -0.25) is 24.3 Å². The fourth-order valence-electron chi connectivity index (χ4n) is 3.00. The highest BCUT2D eigenvalue weighted by Gasteiger charge is 2.26. The van der Waals surface area contributed by atoms with Crippen molar-refractivity contribution < 1.29 is 14.5 Å². The van der Waals surface area contributed by atoms with Gasteiger partial charge in [-0.1, -0.05) is 0 Å². The van der Waals surface area contributed by atoms with E-state index in [0.717, 1.165) is 0 Å². The number of nitro groups is 1. The Balaban J connectivity index is 1.85. The molecule has 0 spiro atoms. The number of morpholine rings is 1. The summed E-state index contributed by atoms with van der Waals surface area (Å²) in [6.07, 6.45) is 1.14. The van der Waals surface area contributed by atoms with E-state index in [1.165, 1.54) is 29.1 Å². The van der Waals surface area contributed by atoms with Crippen LogP contribution in [0.25, 0.3) is 10.9 Å². The first-order chi connectivity index (χ1) is 11.8. The highest BCUT2D eigenvalue weighted by molar-refractivity contribution is 5.80. The number of hydrogen-bond donors (Lipinski definition) is 0. The van der Waals surface area contributed by atoms with Crippen molar-refractivity contribution in [2.75, 3.05) is 13.1 Å². The third-order valence-corrected chi connectivity index (χ3v) is 4.10. The molecule has 25 heavy (non-hydrogen) atoms. The van der Waals surface area contributed by atoms with Crippen LogP contribution in [-0.4, -0.2) is 50.6 Å². The number of nitro benzene ring substituents is 1. The number of benzene rings is 1. The monoisotopic (exact) mass is 346 g/mol. The van der Waals surface area contributed by atoms with E-state index < -0.39 is 10.5 Å². The highest BCUT2D eigenvalue weighted by atomic mass is 16.6. The van der Waals surface area contributed by atoms with Crippen molar-refractivity contribution in [3.05, 3.63) is 45.0 Å². The van der Waals surface area contributed by atoms with Crippen LogP contribution in [-0.2, 0) is 16.1 Å². The molecule has 0 saturated carbocycles. The maximum absolute atomic E-state index is 12.5. The van der Waals surface area contributed by atoms with Crippen molar-refractivity contribution in [1.82, 2.24) is 14.5 Å². The molecule has 0 N–H and O–H groups in total. The van der Waals surface area contributed by atoms with Crippen LogP contribution in [0, 0.1) is 10.1 Å². The minimum absolute atomic E-state index is 0.0558. The molecule has 9 heteroatoms. The normalized spacial score (nSPS) is 20.6. The molecule has 2 aromatic rings. The SMILES string of the molecule is CC1CN(C(=O)Cn2cnc3cc([N+](=O)[O-])ccc3c2=O)CC(C)O1. The Morgan fingerprint density at radius 2 is 2.04 bits per heavy atom. The summed E-state index contributed by atoms with van der Waals surface area (Å²) in [6.45, 7) is 4.62. The molecule has 2 heterocycles. The first kappa shape index (κ1) is 17.0. The summed E-state index contributed by atoms with van der Waals surface area (Å²) in [6, 6.07) is 3.86. The number of fused-ring (bicyclic) bond motifs is 1. The molecule has 1 saturated heterocycles. The number of carbonyl (C=O) groups is 1. The Morgan fingerprint density at radius 1 is 1.36 bits per heavy atom. The summed E-state index contributed by atoms with van der Waals surface area (Å²) in [4.78, 5) is 41.0. The first-order valence-electron chi connectivity index (χ1n) is 7.92. The Morgan fingerprint density at radius 3 is 2.68 bits per heavy atom. The van der Waals surface area contributed by atoms with E-state index in [9.17, 15) is 19.7 Å². The van der Waals surface area contributed by atoms with Gasteiger partial charge < -0.3 is 9.64 Å². The molecule has 3 rings (SSSR count). The molecule has 2 atom stereocenters. The molecule has 1 aliphatic rings. The number of carbonyl (C=O) groups excluding carboxylic acids is 1. The van der Waals surface area contributed by atoms with E-state index in [1.807, 2.05) is 13.8 Å². The Kier molecular flexibility index (Phi) is 4.49. The van der Waals surface area contributed by atoms with Crippen molar-refractivity contribution >= 4 is 22.5 Å². The second-order valence-electron chi connectivity index (χ2n) is 6.19. The van der Waals surface area contributed by atoms with Crippen molar-refractivity contribution in [1.29, 1.82) is 0 Å². The Bertz CT molecular complexity index is 884. The fraction of sp³-hybridized carbons (Fsp3) is 0.438. The van der Waals surface area contributed by atoms with Gasteiger partial charge in [-0.25, -0.2) is 4.98 Å². The predicted molar refractivity (Wildman–Crippen MR) is 89.2 cm³/mol. The van der Waals surface area contributed by atoms with Crippen molar-refractivity contribution in [2.45, 2.75) is 32.6 Å². The zero-order valence-electron chi connectivity index (χ0n) is 13.9. The van der Waals surface area contributed by atoms with Crippen LogP contribution in [0.3, 0.4) is 0 Å². The Hall–Kier alpha value is -2.81. The van der Waals surface area contributed by atoms with Crippen LogP contribution in [0.2, 0.25) is 0 Å². The lowest BCUT2D eigenvalue weighted by atomic mass is 10.2. The number of aromatic nitrogens is 2. The van der Waals surface area contributed by atoms with Crippen LogP contribution in [0.15, 0.2) is 29.3 Å². The van der Waals surface area contributed by atoms with E-state index >= 15 is 0 Å². The molecule has 1 amide bonds. The maximum atomic E-state index is 12.5. The average molecular weight is 346 g/mol. The predicted octanol–water partition coefficient (Wildman–Crippen LogP) is 0.940. The lowest BCUT2D eigenvalue weighted by Crippen LogP contribution is -2.49. The lowest BCUT2D eigenvalue weighted by molar-refractivity contribution is -0.384. The zero-order valence-corrected chi connectivity index (χ0v) is 13.9. The summed E-state index contributed by atoms with van der Waals surface area (Å²) < 4.78 is 6.82. The molecule has 0 aliphatic carbocycles. The number of non-ortho nitro benzene ring substituents is 1. The van der Waals surface area contributed by atoms with Gasteiger partial charge in [0, 0.05) is 25.2 Å². The molecule has 2 unspecified atom stereocenters. The molecule has 1 aliphatic heterocycles. The van der Waals surface area contributed by atoms with Crippen molar-refractivity contribution in [3.8, 4) is 0 Å². The van der Waals surface area contributed by atoms with Gasteiger partial charge in [0.15, 0.2) is 0 Å². The molecule has 9 nitrogen and oxygen atoms in total. The van der Waals surface area contributed by atoms with Gasteiger partial charge in [0.1, 0.15) is 6.54 Å². The van der Waals surface area contributed by atoms with E-state index in [2.05, 4.69) is 4.98 Å². The average Bonchev–Trinajstić information content (AvgIpc) is 2.56. The summed E-state index contributed by atoms with van der Waals surface area (Å²) in [5.74, 6) is -0.188. The molecule has 1 aromatic heterocycles. The quantitative estimate of drug-likeness (QED) is 0.604. The fourth-order valence-corrected chi connectivity index (χ4v) is 3.00. The number of amides is 1. The van der Waals surface area contributed by atoms with Gasteiger partial charge in [-0.2, -0.15) is 0 Å². The zero-order chi connectivity index (χ0) is 18.1. The van der Waals surface area contributed by atoms with Crippen LogP contribution in [0.4, 0.5) is 5.69 Å². The van der Waals surface area contributed by atoms with E-state index in [4.69, 9.17) is 4.74 Å². The second-order valence-corrected chi connectivity index (χ2v) is 6.19. The third-order valence-electron chi connectivity index (χ3n) is 4.10. The summed E-state index contributed by atoms with van der Waals surface area (Å²) in [5, 5.41) is 11.0. The molecule has 0 bridgehead atoms. The molecular formula is C16H18N4O5. The van der Waals surface area contributed by atoms with Gasteiger partial charge in [-0.05, 0) is 19.9 Å². The maximum Gasteiger partial charge on any atom is 0.271 e. The highest BCUT2D eigenvalue weighted by Crippen LogP contribution is 2.16. The van der Waals surface area contributed by atoms with E-state index in [0.29, 0.717) is 13.1 Å². The minimum atomic E-state index is -0.545. The number of rotatable bonds is 3. The summed E-state index contributed by atoms with van der Waals surface area (Å²) >= 11 is 0. The van der Waals surface area contributed by atoms with Gasteiger partial charge in [0.2, 0.25) is 5.91 Å². The first-order valence-corrected chi connectivity index (χ1v) is 7.92. The van der Waals surface area contributed by atoms with Crippen molar-refractivity contribution in [2.24, 2.45) is 0 Å². The van der Waals surface area contributed by atoms with Gasteiger partial charge in [0.05, 0.1) is 34.4 Å². The Labute approximate surface area is 143 Å². The van der Waals surface area contributed by atoms with Gasteiger partial charge in [-0.15, -0.1) is 0 Å². The second kappa shape index (κ2) is 6.60. The van der Waals surface area contributed by atoms with Crippen LogP contribution >= 0.6 is 0 Å². The summed E-state index contributed by atoms with van der Waals surface area (Å²) in [5.41, 5.74) is -0.302. The number of ether oxygens (including phenoxy) is 1. The van der Waals surface area contributed by atoms with E-state index in [1.54, 1.807) is 4.90 Å². The minimum Gasteiger partial charge on any atom is -0.372 e. The van der Waals surface area contributed by atoms with Crippen LogP contribution < -0.4 is 5.56 Å². The lowest BCUT2D eigenvalue weighted by Gasteiger charge is -2.35. The van der Waals surface area contributed by atoms with E-state index in [-0.39, 0.29) is 41.3 Å². The molecule has 0 radical (unpaired) electrons. The van der Waals surface area contributed by atoms with Gasteiger partial charge >= 0.3 is 0 Å². The number of hydrogen-bond acceptors (Lipinski definition) is 6. The molecule has 1 fully saturated rings. The third kappa shape index (κ3) is 3.50. The van der Waals surface area contributed by atoms with Crippen LogP contribution in [0.1, 0.15) is 13.8 Å². The number of nitrogens with zero attached hydrogens (tertiary/aromatic N) is 4.